The van der Waals surface area contributed by atoms with Crippen LogP contribution in [-0.2, 0) is 9.53 Å². The van der Waals surface area contributed by atoms with Gasteiger partial charge in [-0.15, -0.1) is 0 Å². The van der Waals surface area contributed by atoms with Crippen molar-refractivity contribution < 1.29 is 14.1 Å². The molecule has 2 aromatic rings. The van der Waals surface area contributed by atoms with E-state index in [1.807, 2.05) is 0 Å². The highest BCUT2D eigenvalue weighted by Crippen LogP contribution is 2.17. The van der Waals surface area contributed by atoms with E-state index in [-0.39, 0.29) is 11.7 Å². The summed E-state index contributed by atoms with van der Waals surface area (Å²) < 4.78 is 9.82. The van der Waals surface area contributed by atoms with Gasteiger partial charge in [0.1, 0.15) is 12.2 Å². The molecule has 2 rings (SSSR count). The van der Waals surface area contributed by atoms with Crippen LogP contribution in [0.25, 0.3) is 11.6 Å². The lowest BCUT2D eigenvalue weighted by molar-refractivity contribution is -0.145. The number of aromatic nitrogens is 5. The molecule has 0 radical (unpaired) electrons. The molecule has 2 heterocycles. The average molecular weight is 237 g/mol. The molecule has 0 aliphatic rings. The molecule has 0 spiro atoms. The summed E-state index contributed by atoms with van der Waals surface area (Å²) in [6.45, 7) is 3.68. The van der Waals surface area contributed by atoms with Crippen molar-refractivity contribution in [2.24, 2.45) is 0 Å². The lowest BCUT2D eigenvalue weighted by Crippen LogP contribution is -2.13. The van der Waals surface area contributed by atoms with Crippen molar-refractivity contribution in [3.63, 3.8) is 0 Å². The summed E-state index contributed by atoms with van der Waals surface area (Å²) in [5, 5.41) is 9.96. The Morgan fingerprint density at radius 1 is 1.65 bits per heavy atom. The predicted molar refractivity (Wildman–Crippen MR) is 54.7 cm³/mol. The molecule has 8 nitrogen and oxygen atoms in total. The molecule has 0 saturated carbocycles. The Labute approximate surface area is 96.4 Å². The van der Waals surface area contributed by atoms with Crippen LogP contribution in [0.15, 0.2) is 10.9 Å². The molecule has 0 fully saturated rings. The molecule has 90 valence electrons. The molecule has 0 amide bonds. The summed E-state index contributed by atoms with van der Waals surface area (Å²) in [6, 6.07) is 0. The number of nitrogens with one attached hydrogen (secondary N) is 1. The zero-order chi connectivity index (χ0) is 12.3. The van der Waals surface area contributed by atoms with Crippen molar-refractivity contribution in [1.29, 1.82) is 0 Å². The van der Waals surface area contributed by atoms with E-state index in [2.05, 4.69) is 25.3 Å². The van der Waals surface area contributed by atoms with Crippen LogP contribution in [-0.4, -0.2) is 37.9 Å². The molecule has 1 N–H and O–H groups in total. The van der Waals surface area contributed by atoms with Gasteiger partial charge in [-0.2, -0.15) is 10.1 Å². The highest BCUT2D eigenvalue weighted by molar-refractivity contribution is 5.76. The minimum Gasteiger partial charge on any atom is -0.465 e. The van der Waals surface area contributed by atoms with E-state index in [0.717, 1.165) is 0 Å². The normalized spacial score (nSPS) is 12.4. The first kappa shape index (κ1) is 11.2. The largest absolute Gasteiger partial charge is 0.465 e. The van der Waals surface area contributed by atoms with E-state index in [9.17, 15) is 4.79 Å². The van der Waals surface area contributed by atoms with Gasteiger partial charge in [-0.3, -0.25) is 9.89 Å². The smallest absolute Gasteiger partial charge is 0.318 e. The molecule has 0 aliphatic carbocycles. The van der Waals surface area contributed by atoms with Gasteiger partial charge in [0.15, 0.2) is 5.82 Å². The van der Waals surface area contributed by atoms with Crippen LogP contribution in [0.1, 0.15) is 25.7 Å². The topological polar surface area (TPSA) is 107 Å². The molecule has 1 atom stereocenters. The van der Waals surface area contributed by atoms with Gasteiger partial charge in [-0.25, -0.2) is 4.98 Å². The molecular weight excluding hydrogens is 226 g/mol. The molecule has 8 heteroatoms. The minimum atomic E-state index is -0.598. The van der Waals surface area contributed by atoms with Gasteiger partial charge in [-0.05, 0) is 13.8 Å². The maximum atomic E-state index is 11.5. The number of carbonyl (C=O) groups is 1. The molecule has 1 unspecified atom stereocenters. The maximum absolute atomic E-state index is 11.5. The predicted octanol–water partition coefficient (Wildman–Crippen LogP) is 0.521. The minimum absolute atomic E-state index is 0.190. The second kappa shape index (κ2) is 4.73. The Morgan fingerprint density at radius 2 is 2.47 bits per heavy atom. The third kappa shape index (κ3) is 2.30. The Morgan fingerprint density at radius 3 is 3.12 bits per heavy atom. The molecule has 2 aromatic heterocycles. The van der Waals surface area contributed by atoms with E-state index >= 15 is 0 Å². The van der Waals surface area contributed by atoms with Crippen molar-refractivity contribution in [2.45, 2.75) is 19.8 Å². The van der Waals surface area contributed by atoms with Crippen molar-refractivity contribution in [1.82, 2.24) is 25.3 Å². The van der Waals surface area contributed by atoms with Crippen molar-refractivity contribution >= 4 is 5.97 Å². The number of H-pyrrole nitrogens is 1. The lowest BCUT2D eigenvalue weighted by Gasteiger charge is -2.04. The van der Waals surface area contributed by atoms with E-state index < -0.39 is 11.9 Å². The summed E-state index contributed by atoms with van der Waals surface area (Å²) in [5.41, 5.74) is 0. The summed E-state index contributed by atoms with van der Waals surface area (Å²) in [6.07, 6.45) is 1.33. The van der Waals surface area contributed by atoms with Gasteiger partial charge < -0.3 is 9.26 Å². The van der Waals surface area contributed by atoms with Crippen LogP contribution >= 0.6 is 0 Å². The van der Waals surface area contributed by atoms with Crippen LogP contribution in [0, 0.1) is 0 Å². The fourth-order valence-corrected chi connectivity index (χ4v) is 1.19. The van der Waals surface area contributed by atoms with E-state index in [1.165, 1.54) is 6.33 Å². The van der Waals surface area contributed by atoms with Gasteiger partial charge in [0.05, 0.1) is 6.61 Å². The van der Waals surface area contributed by atoms with Crippen LogP contribution < -0.4 is 0 Å². The van der Waals surface area contributed by atoms with E-state index in [0.29, 0.717) is 12.4 Å². The fraction of sp³-hybridized carbons (Fsp3) is 0.444. The highest BCUT2D eigenvalue weighted by Gasteiger charge is 2.23. The highest BCUT2D eigenvalue weighted by atomic mass is 16.5. The van der Waals surface area contributed by atoms with Gasteiger partial charge in [-0.1, -0.05) is 5.16 Å². The third-order valence-corrected chi connectivity index (χ3v) is 2.08. The average Bonchev–Trinajstić information content (AvgIpc) is 2.98. The number of esters is 1. The summed E-state index contributed by atoms with van der Waals surface area (Å²) in [4.78, 5) is 19.4. The first-order valence-electron chi connectivity index (χ1n) is 5.08. The molecular formula is C9H11N5O3. The zero-order valence-corrected chi connectivity index (χ0v) is 9.38. The van der Waals surface area contributed by atoms with Crippen LogP contribution in [0.2, 0.25) is 0 Å². The third-order valence-electron chi connectivity index (χ3n) is 2.08. The van der Waals surface area contributed by atoms with E-state index in [4.69, 9.17) is 9.26 Å². The molecule has 17 heavy (non-hydrogen) atoms. The second-order valence-electron chi connectivity index (χ2n) is 3.26. The van der Waals surface area contributed by atoms with Crippen molar-refractivity contribution in [3.05, 3.63) is 12.2 Å². The fourth-order valence-electron chi connectivity index (χ4n) is 1.19. The number of hydrogen-bond donors (Lipinski definition) is 1. The number of ether oxygens (including phenoxy) is 1. The second-order valence-corrected chi connectivity index (χ2v) is 3.26. The molecule has 0 aromatic carbocycles. The first-order chi connectivity index (χ1) is 8.22. The van der Waals surface area contributed by atoms with Crippen molar-refractivity contribution in [2.75, 3.05) is 6.61 Å². The van der Waals surface area contributed by atoms with Crippen LogP contribution in [0.3, 0.4) is 0 Å². The Hall–Kier alpha value is -2.25. The SMILES string of the molecule is CCOC(=O)C(C)c1nc(-c2ncn[nH]2)no1. The number of rotatable bonds is 4. The standard InChI is InChI=1S/C9H11N5O3/c1-3-16-9(15)5(2)8-12-7(14-17-8)6-10-4-11-13-6/h4-5H,3H2,1-2H3,(H,10,11,13). The van der Waals surface area contributed by atoms with Gasteiger partial charge in [0.2, 0.25) is 11.7 Å². The van der Waals surface area contributed by atoms with E-state index in [1.54, 1.807) is 13.8 Å². The van der Waals surface area contributed by atoms with Gasteiger partial charge in [0, 0.05) is 0 Å². The molecule has 0 saturated heterocycles. The zero-order valence-electron chi connectivity index (χ0n) is 9.38. The Balaban J connectivity index is 2.16. The Bertz CT molecular complexity index is 492. The maximum Gasteiger partial charge on any atom is 0.318 e. The number of hydrogen-bond acceptors (Lipinski definition) is 7. The van der Waals surface area contributed by atoms with Gasteiger partial charge in [0.25, 0.3) is 0 Å². The summed E-state index contributed by atoms with van der Waals surface area (Å²) >= 11 is 0. The number of aromatic amines is 1. The lowest BCUT2D eigenvalue weighted by atomic mass is 10.2. The van der Waals surface area contributed by atoms with Crippen LogP contribution in [0.4, 0.5) is 0 Å². The number of carbonyl (C=O) groups excluding carboxylic acids is 1. The Kier molecular flexibility index (Phi) is 3.12. The number of nitrogens with zero attached hydrogens (tertiary/aromatic N) is 4. The monoisotopic (exact) mass is 237 g/mol. The quantitative estimate of drug-likeness (QED) is 0.772. The summed E-state index contributed by atoms with van der Waals surface area (Å²) in [7, 11) is 0. The van der Waals surface area contributed by atoms with Crippen molar-refractivity contribution in [3.8, 4) is 11.6 Å². The summed E-state index contributed by atoms with van der Waals surface area (Å²) in [5.74, 6) is -0.168. The molecule has 0 bridgehead atoms. The molecule has 0 aliphatic heterocycles. The van der Waals surface area contributed by atoms with Gasteiger partial charge >= 0.3 is 5.97 Å². The van der Waals surface area contributed by atoms with Crippen LogP contribution in [0.5, 0.6) is 0 Å². The first-order valence-corrected chi connectivity index (χ1v) is 5.08.